The van der Waals surface area contributed by atoms with Crippen LogP contribution in [-0.4, -0.2) is 25.4 Å². The van der Waals surface area contributed by atoms with Crippen LogP contribution in [0.5, 0.6) is 11.5 Å². The van der Waals surface area contributed by atoms with Gasteiger partial charge in [-0.25, -0.2) is 4.39 Å². The molecule has 2 aromatic carbocycles. The maximum atomic E-state index is 14.5. The fourth-order valence-electron chi connectivity index (χ4n) is 2.66. The topological polar surface area (TPSA) is 36.9 Å². The van der Waals surface area contributed by atoms with E-state index in [-0.39, 0.29) is 12.4 Å². The first kappa shape index (κ1) is 18.7. The van der Waals surface area contributed by atoms with Crippen LogP contribution in [0.4, 0.5) is 4.39 Å². The Morgan fingerprint density at radius 2 is 1.62 bits per heavy atom. The molecule has 6 heteroatoms. The summed E-state index contributed by atoms with van der Waals surface area (Å²) in [5, 5.41) is 0. The predicted octanol–water partition coefficient (Wildman–Crippen LogP) is 3.71. The van der Waals surface area contributed by atoms with Crippen LogP contribution in [0, 0.1) is 5.82 Å². The van der Waals surface area contributed by atoms with Crippen LogP contribution >= 0.6 is 0 Å². The van der Waals surface area contributed by atoms with Gasteiger partial charge < -0.3 is 18.8 Å². The highest BCUT2D eigenvalue weighted by molar-refractivity contribution is 6.62. The lowest BCUT2D eigenvalue weighted by Crippen LogP contribution is -2.41. The average molecular weight is 358 g/mol. The highest BCUT2D eigenvalue weighted by Gasteiger charge is 2.51. The van der Waals surface area contributed by atoms with Gasteiger partial charge in [0.05, 0.1) is 18.3 Å². The second-order valence-corrected chi connectivity index (χ2v) is 7.41. The normalized spacial score (nSPS) is 18.0. The number of methoxy groups -OCH3 is 1. The quantitative estimate of drug-likeness (QED) is 0.764. The third-order valence-corrected chi connectivity index (χ3v) is 5.04. The summed E-state index contributed by atoms with van der Waals surface area (Å²) in [7, 11) is 1.01. The van der Waals surface area contributed by atoms with E-state index >= 15 is 0 Å². The van der Waals surface area contributed by atoms with Gasteiger partial charge in [0.2, 0.25) is 0 Å². The Bertz CT molecular complexity index is 775. The minimum absolute atomic E-state index is 0.128. The molecule has 1 saturated heterocycles. The highest BCUT2D eigenvalue weighted by Crippen LogP contribution is 2.36. The lowest BCUT2D eigenvalue weighted by Gasteiger charge is -2.32. The zero-order valence-corrected chi connectivity index (χ0v) is 15.8. The number of hydrogen-bond acceptors (Lipinski definition) is 4. The number of rotatable bonds is 5. The fourth-order valence-corrected chi connectivity index (χ4v) is 2.66. The molecule has 0 saturated carbocycles. The van der Waals surface area contributed by atoms with E-state index in [1.165, 1.54) is 6.07 Å². The summed E-state index contributed by atoms with van der Waals surface area (Å²) in [6, 6.07) is 12.2. The molecule has 4 nitrogen and oxygen atoms in total. The van der Waals surface area contributed by atoms with Gasteiger partial charge >= 0.3 is 7.12 Å². The van der Waals surface area contributed by atoms with Gasteiger partial charge in [0.25, 0.3) is 0 Å². The zero-order chi connectivity index (χ0) is 18.9. The van der Waals surface area contributed by atoms with E-state index in [0.717, 1.165) is 0 Å². The SMILES string of the molecule is COc1cccc(OCc2ccc(B3OC(C)(C)C(C)(C)O3)cc2F)c1. The van der Waals surface area contributed by atoms with Crippen LogP contribution in [0.2, 0.25) is 0 Å². The molecule has 2 aromatic rings. The Morgan fingerprint density at radius 1 is 0.962 bits per heavy atom. The molecule has 3 rings (SSSR count). The van der Waals surface area contributed by atoms with Crippen molar-refractivity contribution in [2.24, 2.45) is 0 Å². The lowest BCUT2D eigenvalue weighted by atomic mass is 9.79. The van der Waals surface area contributed by atoms with Gasteiger partial charge in [0.1, 0.15) is 23.9 Å². The van der Waals surface area contributed by atoms with E-state index in [0.29, 0.717) is 22.5 Å². The molecule has 0 aliphatic carbocycles. The van der Waals surface area contributed by atoms with Gasteiger partial charge in [-0.2, -0.15) is 0 Å². The first-order valence-corrected chi connectivity index (χ1v) is 8.63. The summed E-state index contributed by atoms with van der Waals surface area (Å²) in [5.74, 6) is 0.970. The molecule has 138 valence electrons. The molecule has 0 spiro atoms. The van der Waals surface area contributed by atoms with Gasteiger partial charge in [0.15, 0.2) is 0 Å². The van der Waals surface area contributed by atoms with Crippen molar-refractivity contribution in [3.8, 4) is 11.5 Å². The molecular weight excluding hydrogens is 334 g/mol. The molecule has 0 unspecified atom stereocenters. The molecule has 1 aliphatic heterocycles. The molecule has 1 heterocycles. The molecule has 0 aromatic heterocycles. The number of hydrogen-bond donors (Lipinski definition) is 0. The average Bonchev–Trinajstić information content (AvgIpc) is 2.81. The third-order valence-electron chi connectivity index (χ3n) is 5.04. The Hall–Kier alpha value is -2.05. The van der Waals surface area contributed by atoms with E-state index < -0.39 is 18.3 Å². The van der Waals surface area contributed by atoms with Gasteiger partial charge in [-0.05, 0) is 51.4 Å². The first-order chi connectivity index (χ1) is 12.2. The summed E-state index contributed by atoms with van der Waals surface area (Å²) < 4.78 is 37.3. The van der Waals surface area contributed by atoms with Crippen molar-refractivity contribution in [1.82, 2.24) is 0 Å². The highest BCUT2D eigenvalue weighted by atomic mass is 19.1. The summed E-state index contributed by atoms with van der Waals surface area (Å²) >= 11 is 0. The van der Waals surface area contributed by atoms with E-state index in [2.05, 4.69) is 0 Å². The molecule has 1 fully saturated rings. The molecule has 0 atom stereocenters. The molecule has 1 aliphatic rings. The minimum atomic E-state index is -0.581. The van der Waals surface area contributed by atoms with Crippen molar-refractivity contribution >= 4 is 12.6 Å². The smallest absolute Gasteiger partial charge is 0.494 e. The molecule has 0 N–H and O–H groups in total. The minimum Gasteiger partial charge on any atom is -0.497 e. The molecule has 26 heavy (non-hydrogen) atoms. The van der Waals surface area contributed by atoms with Crippen molar-refractivity contribution < 1.29 is 23.2 Å². The predicted molar refractivity (Wildman–Crippen MR) is 99.4 cm³/mol. The Kier molecular flexibility index (Phi) is 4.99. The summed E-state index contributed by atoms with van der Waals surface area (Å²) in [6.45, 7) is 8.02. The van der Waals surface area contributed by atoms with E-state index in [4.69, 9.17) is 18.8 Å². The third kappa shape index (κ3) is 3.71. The van der Waals surface area contributed by atoms with Crippen LogP contribution < -0.4 is 14.9 Å². The van der Waals surface area contributed by atoms with Crippen molar-refractivity contribution in [1.29, 1.82) is 0 Å². The molecule has 0 radical (unpaired) electrons. The summed E-state index contributed by atoms with van der Waals surface area (Å²) in [6.07, 6.45) is 0. The van der Waals surface area contributed by atoms with E-state index in [9.17, 15) is 4.39 Å². The van der Waals surface area contributed by atoms with E-state index in [1.54, 1.807) is 25.3 Å². The second kappa shape index (κ2) is 6.93. The first-order valence-electron chi connectivity index (χ1n) is 8.63. The Morgan fingerprint density at radius 3 is 2.23 bits per heavy atom. The Balaban J connectivity index is 1.70. The second-order valence-electron chi connectivity index (χ2n) is 7.41. The molecule has 0 amide bonds. The van der Waals surface area contributed by atoms with Crippen molar-refractivity contribution in [2.45, 2.75) is 45.5 Å². The maximum Gasteiger partial charge on any atom is 0.494 e. The van der Waals surface area contributed by atoms with Gasteiger partial charge in [0, 0.05) is 11.6 Å². The number of ether oxygens (including phenoxy) is 2. The van der Waals surface area contributed by atoms with Gasteiger partial charge in [-0.3, -0.25) is 0 Å². The summed E-state index contributed by atoms with van der Waals surface area (Å²) in [4.78, 5) is 0. The molecular formula is C20H24BFO4. The zero-order valence-electron chi connectivity index (χ0n) is 15.8. The summed E-state index contributed by atoms with van der Waals surface area (Å²) in [5.41, 5.74) is 0.212. The van der Waals surface area contributed by atoms with Gasteiger partial charge in [-0.15, -0.1) is 0 Å². The van der Waals surface area contributed by atoms with Crippen LogP contribution in [0.1, 0.15) is 33.3 Å². The fraction of sp³-hybridized carbons (Fsp3) is 0.400. The van der Waals surface area contributed by atoms with Gasteiger partial charge in [-0.1, -0.05) is 18.2 Å². The van der Waals surface area contributed by atoms with Crippen LogP contribution in [0.25, 0.3) is 0 Å². The van der Waals surface area contributed by atoms with Crippen LogP contribution in [0.15, 0.2) is 42.5 Å². The van der Waals surface area contributed by atoms with Crippen LogP contribution in [0.3, 0.4) is 0 Å². The number of benzene rings is 2. The Labute approximate surface area is 154 Å². The largest absolute Gasteiger partial charge is 0.497 e. The van der Waals surface area contributed by atoms with Crippen molar-refractivity contribution in [3.05, 3.63) is 53.8 Å². The lowest BCUT2D eigenvalue weighted by molar-refractivity contribution is 0.00578. The van der Waals surface area contributed by atoms with Crippen molar-refractivity contribution in [2.75, 3.05) is 7.11 Å². The van der Waals surface area contributed by atoms with Crippen LogP contribution in [-0.2, 0) is 15.9 Å². The van der Waals surface area contributed by atoms with Crippen molar-refractivity contribution in [3.63, 3.8) is 0 Å². The molecule has 0 bridgehead atoms. The maximum absolute atomic E-state index is 14.5. The monoisotopic (exact) mass is 358 g/mol. The van der Waals surface area contributed by atoms with E-state index in [1.807, 2.05) is 45.9 Å². The standard InChI is InChI=1S/C20H24BFO4/c1-19(2)20(3,4)26-21(25-19)15-10-9-14(18(22)11-15)13-24-17-8-6-7-16(12-17)23-5/h6-12H,13H2,1-5H3. The number of halogens is 1.